The zero-order chi connectivity index (χ0) is 29.0. The second-order valence-electron chi connectivity index (χ2n) is 7.43. The quantitative estimate of drug-likeness (QED) is 0.0868. The third-order valence-corrected chi connectivity index (χ3v) is 5.89. The summed E-state index contributed by atoms with van der Waals surface area (Å²) in [5.41, 5.74) is 3.63. The normalized spacial score (nSPS) is 15.7. The van der Waals surface area contributed by atoms with Crippen LogP contribution in [-0.4, -0.2) is 88.2 Å². The van der Waals surface area contributed by atoms with Crippen LogP contribution >= 0.6 is 12.6 Å². The number of carbonyl (C=O) groups excluding carboxylic acids is 3. The molecule has 0 unspecified atom stereocenters. The van der Waals surface area contributed by atoms with E-state index in [0.717, 1.165) is 0 Å². The van der Waals surface area contributed by atoms with Gasteiger partial charge in [-0.05, 0) is 5.92 Å². The van der Waals surface area contributed by atoms with Gasteiger partial charge in [0.25, 0.3) is 10.1 Å². The Hall–Kier alpha value is -2.64. The van der Waals surface area contributed by atoms with E-state index in [0.29, 0.717) is 6.42 Å². The Balaban J connectivity index is 0. The van der Waals surface area contributed by atoms with E-state index in [4.69, 9.17) is 24.7 Å². The summed E-state index contributed by atoms with van der Waals surface area (Å²) in [5.74, 6) is -8.63. The number of hydrogen-bond acceptors (Lipinski definition) is 9. The maximum Gasteiger partial charge on any atom is 0.430 e. The van der Waals surface area contributed by atoms with Crippen molar-refractivity contribution in [2.24, 2.45) is 5.92 Å². The number of amides is 2. The summed E-state index contributed by atoms with van der Waals surface area (Å²) in [6, 6.07) is -3.66. The summed E-state index contributed by atoms with van der Waals surface area (Å²) >= 11 is 4.08. The first kappa shape index (κ1) is 35.5. The summed E-state index contributed by atoms with van der Waals surface area (Å²) in [5, 5.41) is 30.0. The van der Waals surface area contributed by atoms with Crippen LogP contribution in [-0.2, 0) is 34.1 Å². The molecule has 0 aromatic heterocycles. The van der Waals surface area contributed by atoms with Crippen molar-refractivity contribution in [1.29, 1.82) is 0 Å². The van der Waals surface area contributed by atoms with Crippen LogP contribution in [0.5, 0.6) is 0 Å². The van der Waals surface area contributed by atoms with E-state index < -0.39 is 87.5 Å². The standard InChI is InChI=1S/C15H27N3O9S2.C2HF3O2/c1-3-7(2)11(13(21)17-9(15(23)24)6-10(19)20)18-14(22)12(28)8(16)4-5-29(25,26)27;3-2(4,5)1(6)7/h7-9,11-12,28H,3-6,16H2,1-2H3,(H,17,21)(H,18,22)(H,19,20)(H,23,24)(H,25,26,27);(H,6,7)/t7-,8+,9+,11-,12-;/m0./s1. The number of thiol groups is 1. The predicted octanol–water partition coefficient (Wildman–Crippen LogP) is -2.95. The van der Waals surface area contributed by atoms with E-state index >= 15 is 0 Å². The number of aliphatic carboxylic acids is 3. The highest BCUT2D eigenvalue weighted by atomic mass is 32.2. The fourth-order valence-electron chi connectivity index (χ4n) is 2.25. The maximum absolute atomic E-state index is 12.5. The molecule has 8 N–H and O–H groups in total. The Labute approximate surface area is 208 Å². The zero-order valence-corrected chi connectivity index (χ0v) is 20.7. The Morgan fingerprint density at radius 2 is 1.56 bits per heavy atom. The van der Waals surface area contributed by atoms with Gasteiger partial charge in [-0.25, -0.2) is 4.79 Å². The Morgan fingerprint density at radius 1 is 1.08 bits per heavy atom. The van der Waals surface area contributed by atoms with Crippen molar-refractivity contribution in [3.63, 3.8) is 0 Å². The van der Waals surface area contributed by atoms with Crippen LogP contribution in [0.1, 0.15) is 33.1 Å². The molecule has 2 amide bonds. The number of nitrogens with one attached hydrogen (secondary N) is 2. The molecular weight excluding hydrogens is 543 g/mol. The van der Waals surface area contributed by atoms with E-state index in [1.54, 1.807) is 13.8 Å². The molecule has 210 valence electrons. The van der Waals surface area contributed by atoms with Crippen molar-refractivity contribution in [1.82, 2.24) is 10.6 Å². The van der Waals surface area contributed by atoms with Crippen molar-refractivity contribution in [2.75, 3.05) is 5.75 Å². The lowest BCUT2D eigenvalue weighted by molar-refractivity contribution is -0.416. The molecule has 0 aliphatic carbocycles. The average Bonchev–Trinajstić information content (AvgIpc) is 2.72. The molecule has 14 nitrogen and oxygen atoms in total. The monoisotopic (exact) mass is 571 g/mol. The second-order valence-corrected chi connectivity index (χ2v) is 9.56. The third-order valence-electron chi connectivity index (χ3n) is 4.48. The number of rotatable bonds is 13. The summed E-state index contributed by atoms with van der Waals surface area (Å²) in [6.45, 7) is 3.36. The van der Waals surface area contributed by atoms with Gasteiger partial charge in [0.1, 0.15) is 29.3 Å². The average molecular weight is 572 g/mol. The third kappa shape index (κ3) is 15.4. The molecule has 0 aromatic carbocycles. The van der Waals surface area contributed by atoms with E-state index in [1.807, 2.05) is 0 Å². The van der Waals surface area contributed by atoms with Gasteiger partial charge < -0.3 is 36.5 Å². The molecular formula is C17H28F3N3O11S2. The van der Waals surface area contributed by atoms with Gasteiger partial charge in [-0.15, -0.1) is 0 Å². The molecule has 0 radical (unpaired) electrons. The lowest BCUT2D eigenvalue weighted by Gasteiger charge is -2.26. The number of quaternary nitrogens is 1. The molecule has 0 aliphatic heterocycles. The number of carbonyl (C=O) groups is 5. The summed E-state index contributed by atoms with van der Waals surface area (Å²) in [7, 11) is -4.24. The zero-order valence-electron chi connectivity index (χ0n) is 19.0. The van der Waals surface area contributed by atoms with Gasteiger partial charge in [-0.1, -0.05) is 20.3 Å². The number of carboxylic acid groups (broad SMARTS) is 3. The summed E-state index contributed by atoms with van der Waals surface area (Å²) in [4.78, 5) is 55.6. The molecule has 0 heterocycles. The van der Waals surface area contributed by atoms with Gasteiger partial charge in [-0.3, -0.25) is 18.9 Å². The van der Waals surface area contributed by atoms with Crippen LogP contribution in [0.4, 0.5) is 13.2 Å². The van der Waals surface area contributed by atoms with Crippen molar-refractivity contribution in [3.05, 3.63) is 0 Å². The maximum atomic E-state index is 12.5. The summed E-state index contributed by atoms with van der Waals surface area (Å²) < 4.78 is 62.0. The highest BCUT2D eigenvalue weighted by Gasteiger charge is 2.34. The van der Waals surface area contributed by atoms with Crippen LogP contribution in [0.25, 0.3) is 0 Å². The van der Waals surface area contributed by atoms with E-state index in [-0.39, 0.29) is 6.42 Å². The van der Waals surface area contributed by atoms with Crippen LogP contribution in [0.2, 0.25) is 0 Å². The minimum atomic E-state index is -5.19. The molecule has 5 atom stereocenters. The van der Waals surface area contributed by atoms with Gasteiger partial charge in [0.2, 0.25) is 11.8 Å². The minimum Gasteiger partial charge on any atom is -0.542 e. The van der Waals surface area contributed by atoms with E-state index in [9.17, 15) is 40.8 Å². The lowest BCUT2D eigenvalue weighted by atomic mass is 9.97. The number of halogens is 3. The van der Waals surface area contributed by atoms with Crippen LogP contribution in [0, 0.1) is 5.92 Å². The van der Waals surface area contributed by atoms with E-state index in [2.05, 4.69) is 29.0 Å². The molecule has 0 rings (SSSR count). The van der Waals surface area contributed by atoms with Crippen molar-refractivity contribution >= 4 is 52.5 Å². The topological polar surface area (TPSA) is 255 Å². The number of hydrogen-bond donors (Lipinski definition) is 7. The molecule has 36 heavy (non-hydrogen) atoms. The molecule has 0 saturated carbocycles. The van der Waals surface area contributed by atoms with Crippen LogP contribution < -0.4 is 21.5 Å². The molecule has 0 spiro atoms. The van der Waals surface area contributed by atoms with E-state index in [1.165, 1.54) is 0 Å². The fraction of sp³-hybridized carbons (Fsp3) is 0.706. The van der Waals surface area contributed by atoms with Gasteiger partial charge in [0.15, 0.2) is 0 Å². The van der Waals surface area contributed by atoms with Crippen molar-refractivity contribution in [2.45, 2.75) is 62.7 Å². The Morgan fingerprint density at radius 3 is 1.89 bits per heavy atom. The first-order chi connectivity index (χ1) is 16.1. The first-order valence-corrected chi connectivity index (χ1v) is 12.1. The largest absolute Gasteiger partial charge is 0.542 e. The highest BCUT2D eigenvalue weighted by molar-refractivity contribution is 7.85. The lowest BCUT2D eigenvalue weighted by Crippen LogP contribution is -2.68. The SMILES string of the molecule is CC[C@H](C)[C@H](NC(=O)[C@@H](S)[C@H]([NH3+])CCS(=O)(=O)O)C(=O)N[C@H](CC(=O)O)C(=O)O.O=C([O-])C(F)(F)F. The predicted molar refractivity (Wildman–Crippen MR) is 115 cm³/mol. The fourth-order valence-corrected chi connectivity index (χ4v) is 3.07. The first-order valence-electron chi connectivity index (χ1n) is 9.93. The molecule has 0 bridgehead atoms. The second kappa shape index (κ2) is 15.5. The van der Waals surface area contributed by atoms with Crippen molar-refractivity contribution in [3.8, 4) is 0 Å². The molecule has 0 aromatic rings. The summed E-state index contributed by atoms with van der Waals surface area (Å²) in [6.07, 6.45) is -5.75. The molecule has 0 aliphatic rings. The number of carboxylic acids is 3. The Kier molecular flexibility index (Phi) is 15.3. The smallest absolute Gasteiger partial charge is 0.430 e. The molecule has 0 fully saturated rings. The van der Waals surface area contributed by atoms with Gasteiger partial charge in [-0.2, -0.15) is 34.2 Å². The van der Waals surface area contributed by atoms with Gasteiger partial charge in [0.05, 0.1) is 12.2 Å². The van der Waals surface area contributed by atoms with Crippen molar-refractivity contribution < 1.29 is 71.2 Å². The molecule has 19 heteroatoms. The van der Waals surface area contributed by atoms with Crippen LogP contribution in [0.15, 0.2) is 0 Å². The van der Waals surface area contributed by atoms with Gasteiger partial charge in [0, 0.05) is 6.42 Å². The van der Waals surface area contributed by atoms with Crippen LogP contribution in [0.3, 0.4) is 0 Å². The number of alkyl halides is 3. The highest BCUT2D eigenvalue weighted by Crippen LogP contribution is 2.12. The van der Waals surface area contributed by atoms with Gasteiger partial charge >= 0.3 is 18.1 Å². The Bertz CT molecular complexity index is 900. The minimum absolute atomic E-state index is 0.152. The molecule has 0 saturated heterocycles.